The van der Waals surface area contributed by atoms with E-state index in [0.717, 1.165) is 18.8 Å². The predicted octanol–water partition coefficient (Wildman–Crippen LogP) is 1.55. The number of hydrogen-bond donors (Lipinski definition) is 0. The predicted molar refractivity (Wildman–Crippen MR) is 59.0 cm³/mol. The lowest BCUT2D eigenvalue weighted by Crippen LogP contribution is -2.38. The molecule has 0 N–H and O–H groups in total. The molecule has 0 aliphatic heterocycles. The summed E-state index contributed by atoms with van der Waals surface area (Å²) in [5, 5.41) is 17.5. The van der Waals surface area contributed by atoms with Crippen LogP contribution >= 0.6 is 0 Å². The molecule has 0 saturated carbocycles. The van der Waals surface area contributed by atoms with Crippen molar-refractivity contribution in [1.82, 2.24) is 4.57 Å². The molecule has 1 aromatic rings. The number of aromatic nitrogens is 2. The molecule has 0 spiro atoms. The first-order valence-electron chi connectivity index (χ1n) is 5.54. The molecule has 0 aromatic carbocycles. The van der Waals surface area contributed by atoms with Gasteiger partial charge in [0, 0.05) is 6.92 Å². The highest BCUT2D eigenvalue weighted by atomic mass is 15.1. The molecule has 1 aromatic heterocycles. The van der Waals surface area contributed by atoms with Gasteiger partial charge in [0.1, 0.15) is 18.9 Å². The van der Waals surface area contributed by atoms with Gasteiger partial charge in [0.05, 0.1) is 31.0 Å². The third kappa shape index (κ3) is 2.84. The summed E-state index contributed by atoms with van der Waals surface area (Å²) in [6, 6.07) is 4.22. The Labute approximate surface area is 96.3 Å². The Morgan fingerprint density at radius 1 is 1.50 bits per heavy atom. The summed E-state index contributed by atoms with van der Waals surface area (Å²) in [4.78, 5) is 0. The zero-order valence-electron chi connectivity index (χ0n) is 9.85. The van der Waals surface area contributed by atoms with E-state index in [1.54, 1.807) is 0 Å². The molecule has 1 heterocycles. The van der Waals surface area contributed by atoms with E-state index in [4.69, 9.17) is 10.5 Å². The summed E-state index contributed by atoms with van der Waals surface area (Å²) in [5.74, 6) is 0.922. The van der Waals surface area contributed by atoms with Gasteiger partial charge in [0.25, 0.3) is 5.82 Å². The minimum Gasteiger partial charge on any atom is -0.235 e. The minimum absolute atomic E-state index is 0.217. The SMILES string of the molecule is CCCn1cc[n+](CC(C#N)CC#N)c1C. The Morgan fingerprint density at radius 2 is 2.25 bits per heavy atom. The Balaban J connectivity index is 2.75. The summed E-state index contributed by atoms with van der Waals surface area (Å²) in [6.07, 6.45) is 5.39. The van der Waals surface area contributed by atoms with Gasteiger partial charge in [-0.25, -0.2) is 9.13 Å². The molecular weight excluding hydrogens is 200 g/mol. The molecule has 0 saturated heterocycles. The van der Waals surface area contributed by atoms with E-state index in [2.05, 4.69) is 17.6 Å². The highest BCUT2D eigenvalue weighted by Crippen LogP contribution is 2.02. The molecule has 0 aliphatic carbocycles. The largest absolute Gasteiger partial charge is 0.253 e. The second-order valence-corrected chi connectivity index (χ2v) is 3.88. The topological polar surface area (TPSA) is 56.4 Å². The lowest BCUT2D eigenvalue weighted by Gasteiger charge is -2.03. The quantitative estimate of drug-likeness (QED) is 0.702. The number of imidazole rings is 1. The smallest absolute Gasteiger partial charge is 0.235 e. The Bertz CT molecular complexity index is 419. The molecule has 4 nitrogen and oxygen atoms in total. The second-order valence-electron chi connectivity index (χ2n) is 3.88. The fourth-order valence-electron chi connectivity index (χ4n) is 1.71. The number of rotatable bonds is 5. The van der Waals surface area contributed by atoms with Crippen molar-refractivity contribution in [2.45, 2.75) is 39.8 Å². The first-order valence-corrected chi connectivity index (χ1v) is 5.54. The van der Waals surface area contributed by atoms with Crippen LogP contribution < -0.4 is 4.57 Å². The minimum atomic E-state index is -0.217. The molecule has 1 atom stereocenters. The van der Waals surface area contributed by atoms with Crippen LogP contribution in [0.15, 0.2) is 12.4 Å². The summed E-state index contributed by atoms with van der Waals surface area (Å²) < 4.78 is 4.21. The Hall–Kier alpha value is -1.81. The third-order valence-electron chi connectivity index (χ3n) is 2.66. The van der Waals surface area contributed by atoms with Crippen molar-refractivity contribution >= 4 is 0 Å². The van der Waals surface area contributed by atoms with E-state index in [1.807, 2.05) is 30.0 Å². The Kier molecular flexibility index (Phi) is 4.54. The highest BCUT2D eigenvalue weighted by Gasteiger charge is 2.16. The molecule has 4 heteroatoms. The molecular formula is C12H17N4+. The molecule has 0 amide bonds. The average molecular weight is 217 g/mol. The van der Waals surface area contributed by atoms with E-state index in [0.29, 0.717) is 13.0 Å². The summed E-state index contributed by atoms with van der Waals surface area (Å²) in [6.45, 7) is 5.77. The number of hydrogen-bond acceptors (Lipinski definition) is 2. The molecule has 0 bridgehead atoms. The van der Waals surface area contributed by atoms with E-state index < -0.39 is 0 Å². The lowest BCUT2D eigenvalue weighted by atomic mass is 10.1. The molecule has 0 radical (unpaired) electrons. The van der Waals surface area contributed by atoms with Gasteiger partial charge >= 0.3 is 0 Å². The zero-order valence-corrected chi connectivity index (χ0v) is 9.85. The number of nitriles is 2. The van der Waals surface area contributed by atoms with Gasteiger partial charge in [-0.3, -0.25) is 0 Å². The van der Waals surface area contributed by atoms with Crippen molar-refractivity contribution in [1.29, 1.82) is 10.5 Å². The maximum absolute atomic E-state index is 8.90. The van der Waals surface area contributed by atoms with E-state index in [-0.39, 0.29) is 5.92 Å². The molecule has 0 fully saturated rings. The van der Waals surface area contributed by atoms with E-state index >= 15 is 0 Å². The van der Waals surface area contributed by atoms with Gasteiger partial charge in [-0.15, -0.1) is 0 Å². The average Bonchev–Trinajstić information content (AvgIpc) is 2.61. The maximum Gasteiger partial charge on any atom is 0.253 e. The normalized spacial score (nSPS) is 11.8. The Morgan fingerprint density at radius 3 is 2.81 bits per heavy atom. The molecule has 16 heavy (non-hydrogen) atoms. The monoisotopic (exact) mass is 217 g/mol. The lowest BCUT2D eigenvalue weighted by molar-refractivity contribution is -0.706. The van der Waals surface area contributed by atoms with Crippen molar-refractivity contribution < 1.29 is 4.57 Å². The van der Waals surface area contributed by atoms with Crippen LogP contribution in [-0.2, 0) is 13.1 Å². The first-order chi connectivity index (χ1) is 7.72. The standard InChI is InChI=1S/C12H17N4/c1-3-6-15-7-8-16(11(15)2)10-12(9-14)4-5-13/h7-8,12H,3-4,6,10H2,1-2H3/q+1. The molecule has 1 unspecified atom stereocenters. The van der Waals surface area contributed by atoms with Gasteiger partial charge in [-0.1, -0.05) is 6.92 Å². The molecule has 84 valence electrons. The number of nitrogens with zero attached hydrogens (tertiary/aromatic N) is 4. The van der Waals surface area contributed by atoms with E-state index in [1.165, 1.54) is 0 Å². The third-order valence-corrected chi connectivity index (χ3v) is 2.66. The fourth-order valence-corrected chi connectivity index (χ4v) is 1.71. The highest BCUT2D eigenvalue weighted by molar-refractivity contribution is 4.89. The van der Waals surface area contributed by atoms with Gasteiger partial charge in [-0.2, -0.15) is 10.5 Å². The fraction of sp³-hybridized carbons (Fsp3) is 0.583. The van der Waals surface area contributed by atoms with Crippen molar-refractivity contribution in [3.8, 4) is 12.1 Å². The van der Waals surface area contributed by atoms with Crippen LogP contribution in [-0.4, -0.2) is 4.57 Å². The van der Waals surface area contributed by atoms with Crippen LogP contribution in [0.3, 0.4) is 0 Å². The van der Waals surface area contributed by atoms with Gasteiger partial charge in [0.15, 0.2) is 0 Å². The molecule has 0 aliphatic rings. The van der Waals surface area contributed by atoms with Crippen molar-refractivity contribution in [3.05, 3.63) is 18.2 Å². The van der Waals surface area contributed by atoms with Crippen molar-refractivity contribution in [3.63, 3.8) is 0 Å². The van der Waals surface area contributed by atoms with Gasteiger partial charge < -0.3 is 0 Å². The summed E-state index contributed by atoms with van der Waals surface area (Å²) >= 11 is 0. The van der Waals surface area contributed by atoms with Crippen LogP contribution in [0.4, 0.5) is 0 Å². The van der Waals surface area contributed by atoms with Crippen molar-refractivity contribution in [2.75, 3.05) is 0 Å². The van der Waals surface area contributed by atoms with Crippen LogP contribution in [0.25, 0.3) is 0 Å². The molecule has 1 rings (SSSR count). The van der Waals surface area contributed by atoms with Crippen LogP contribution in [0, 0.1) is 35.5 Å². The van der Waals surface area contributed by atoms with Crippen LogP contribution in [0.5, 0.6) is 0 Å². The summed E-state index contributed by atoms with van der Waals surface area (Å²) in [7, 11) is 0. The van der Waals surface area contributed by atoms with Gasteiger partial charge in [-0.05, 0) is 6.42 Å². The van der Waals surface area contributed by atoms with E-state index in [9.17, 15) is 0 Å². The van der Waals surface area contributed by atoms with Gasteiger partial charge in [0.2, 0.25) is 0 Å². The van der Waals surface area contributed by atoms with Crippen molar-refractivity contribution in [2.24, 2.45) is 5.92 Å². The first kappa shape index (κ1) is 12.3. The number of aryl methyl sites for hydroxylation is 1. The summed E-state index contributed by atoms with van der Waals surface area (Å²) in [5.41, 5.74) is 0. The maximum atomic E-state index is 8.90. The second kappa shape index (κ2) is 5.92. The zero-order chi connectivity index (χ0) is 12.0. The van der Waals surface area contributed by atoms with Crippen LogP contribution in [0.2, 0.25) is 0 Å². The van der Waals surface area contributed by atoms with Crippen LogP contribution in [0.1, 0.15) is 25.6 Å².